The van der Waals surface area contributed by atoms with E-state index >= 15 is 0 Å². The van der Waals surface area contributed by atoms with Gasteiger partial charge in [-0.3, -0.25) is 9.59 Å². The lowest BCUT2D eigenvalue weighted by molar-refractivity contribution is -0.116. The van der Waals surface area contributed by atoms with Crippen LogP contribution >= 0.6 is 34.3 Å². The molecule has 0 radical (unpaired) electrons. The first-order valence-electron chi connectivity index (χ1n) is 7.89. The number of nitrogens with one attached hydrogen (secondary N) is 2. The normalized spacial score (nSPS) is 10.5. The second-order valence-corrected chi connectivity index (χ2v) is 7.84. The highest BCUT2D eigenvalue weighted by Gasteiger charge is 2.09. The van der Waals surface area contributed by atoms with Gasteiger partial charge in [-0.05, 0) is 29.1 Å². The molecule has 2 amide bonds. The Balaban J connectivity index is 1.44. The summed E-state index contributed by atoms with van der Waals surface area (Å²) < 4.78 is 0. The molecule has 0 aliphatic heterocycles. The first-order chi connectivity index (χ1) is 12.6. The number of amides is 2. The number of carbonyl (C=O) groups excluding carboxylic acids is 2. The Hall–Kier alpha value is -2.22. The Morgan fingerprint density at radius 1 is 1.23 bits per heavy atom. The summed E-state index contributed by atoms with van der Waals surface area (Å²) in [5, 5.41) is 10.3. The number of anilines is 1. The van der Waals surface area contributed by atoms with Gasteiger partial charge in [0.15, 0.2) is 5.13 Å². The van der Waals surface area contributed by atoms with Gasteiger partial charge in [0, 0.05) is 46.4 Å². The molecule has 0 aliphatic rings. The van der Waals surface area contributed by atoms with Crippen molar-refractivity contribution in [3.05, 3.63) is 68.3 Å². The first kappa shape index (κ1) is 18.6. The summed E-state index contributed by atoms with van der Waals surface area (Å²) >= 11 is 8.88. The van der Waals surface area contributed by atoms with Gasteiger partial charge in [0.2, 0.25) is 5.91 Å². The number of halogens is 1. The third-order valence-corrected chi connectivity index (χ3v) is 5.32. The van der Waals surface area contributed by atoms with E-state index in [-0.39, 0.29) is 24.8 Å². The standard InChI is InChI=1S/C18H16ClN3O2S2/c19-14-3-1-2-12(8-14)9-15-10-21-18(26-15)22-16(23)4-6-20-17(24)13-5-7-25-11-13/h1-3,5,7-8,10-11H,4,6,9H2,(H,20,24)(H,21,22,23). The smallest absolute Gasteiger partial charge is 0.252 e. The fourth-order valence-corrected chi connectivity index (χ4v) is 3.97. The molecule has 0 aliphatic carbocycles. The maximum atomic E-state index is 12.0. The number of rotatable bonds is 7. The summed E-state index contributed by atoms with van der Waals surface area (Å²) in [6, 6.07) is 9.40. The molecule has 3 rings (SSSR count). The van der Waals surface area contributed by atoms with Gasteiger partial charge in [-0.2, -0.15) is 11.3 Å². The Labute approximate surface area is 164 Å². The minimum absolute atomic E-state index is 0.169. The lowest BCUT2D eigenvalue weighted by Crippen LogP contribution is -2.27. The number of carbonyl (C=O) groups is 2. The van der Waals surface area contributed by atoms with Crippen LogP contribution < -0.4 is 10.6 Å². The molecule has 0 fully saturated rings. The monoisotopic (exact) mass is 405 g/mol. The Morgan fingerprint density at radius 3 is 2.88 bits per heavy atom. The van der Waals surface area contributed by atoms with E-state index in [9.17, 15) is 9.59 Å². The molecule has 0 saturated heterocycles. The van der Waals surface area contributed by atoms with Crippen molar-refractivity contribution in [2.75, 3.05) is 11.9 Å². The molecule has 5 nitrogen and oxygen atoms in total. The van der Waals surface area contributed by atoms with Crippen molar-refractivity contribution in [2.24, 2.45) is 0 Å². The quantitative estimate of drug-likeness (QED) is 0.618. The van der Waals surface area contributed by atoms with Crippen molar-refractivity contribution >= 4 is 51.2 Å². The van der Waals surface area contributed by atoms with Crippen LogP contribution in [0.3, 0.4) is 0 Å². The molecule has 3 aromatic rings. The summed E-state index contributed by atoms with van der Waals surface area (Å²) in [6.07, 6.45) is 2.66. The average molecular weight is 406 g/mol. The molecule has 0 saturated carbocycles. The molecular formula is C18H16ClN3O2S2. The van der Waals surface area contributed by atoms with E-state index in [1.165, 1.54) is 22.7 Å². The van der Waals surface area contributed by atoms with E-state index in [0.717, 1.165) is 10.4 Å². The zero-order valence-corrected chi connectivity index (χ0v) is 16.1. The Bertz CT molecular complexity index is 893. The van der Waals surface area contributed by atoms with E-state index in [1.54, 1.807) is 17.6 Å². The number of hydrogen-bond acceptors (Lipinski definition) is 5. The van der Waals surface area contributed by atoms with Crippen LogP contribution in [0.15, 0.2) is 47.3 Å². The molecule has 2 heterocycles. The molecule has 2 aromatic heterocycles. The first-order valence-corrected chi connectivity index (χ1v) is 10.0. The van der Waals surface area contributed by atoms with Gasteiger partial charge in [0.1, 0.15) is 0 Å². The van der Waals surface area contributed by atoms with Crippen molar-refractivity contribution in [3.8, 4) is 0 Å². The highest BCUT2D eigenvalue weighted by Crippen LogP contribution is 2.22. The number of nitrogens with zero attached hydrogens (tertiary/aromatic N) is 1. The van der Waals surface area contributed by atoms with Gasteiger partial charge >= 0.3 is 0 Å². The van der Waals surface area contributed by atoms with Crippen LogP contribution in [0, 0.1) is 0 Å². The SMILES string of the molecule is O=C(CCNC(=O)c1ccsc1)Nc1ncc(Cc2cccc(Cl)c2)s1. The van der Waals surface area contributed by atoms with E-state index < -0.39 is 0 Å². The molecule has 26 heavy (non-hydrogen) atoms. The number of thiazole rings is 1. The van der Waals surface area contributed by atoms with Crippen molar-refractivity contribution < 1.29 is 9.59 Å². The number of benzene rings is 1. The summed E-state index contributed by atoms with van der Waals surface area (Å²) in [5.41, 5.74) is 1.70. The lowest BCUT2D eigenvalue weighted by atomic mass is 10.1. The number of thiophene rings is 1. The largest absolute Gasteiger partial charge is 0.351 e. The summed E-state index contributed by atoms with van der Waals surface area (Å²) in [4.78, 5) is 29.0. The van der Waals surface area contributed by atoms with Crippen LogP contribution in [0.2, 0.25) is 5.02 Å². The molecule has 0 unspecified atom stereocenters. The van der Waals surface area contributed by atoms with Crippen molar-refractivity contribution in [1.82, 2.24) is 10.3 Å². The topological polar surface area (TPSA) is 71.1 Å². The zero-order chi connectivity index (χ0) is 18.4. The summed E-state index contributed by atoms with van der Waals surface area (Å²) in [5.74, 6) is -0.351. The van der Waals surface area contributed by atoms with Crippen molar-refractivity contribution in [1.29, 1.82) is 0 Å². The van der Waals surface area contributed by atoms with E-state index in [1.807, 2.05) is 29.6 Å². The molecule has 134 valence electrons. The fraction of sp³-hybridized carbons (Fsp3) is 0.167. The van der Waals surface area contributed by atoms with Crippen LogP contribution in [0.4, 0.5) is 5.13 Å². The van der Waals surface area contributed by atoms with Gasteiger partial charge in [-0.15, -0.1) is 11.3 Å². The third-order valence-electron chi connectivity index (χ3n) is 3.49. The summed E-state index contributed by atoms with van der Waals surface area (Å²) in [6.45, 7) is 0.279. The fourth-order valence-electron chi connectivity index (χ4n) is 2.26. The molecule has 1 aromatic carbocycles. The second kappa shape index (κ2) is 8.93. The highest BCUT2D eigenvalue weighted by atomic mass is 35.5. The zero-order valence-electron chi connectivity index (χ0n) is 13.7. The van der Waals surface area contributed by atoms with E-state index in [0.29, 0.717) is 22.1 Å². The van der Waals surface area contributed by atoms with Gasteiger partial charge in [-0.1, -0.05) is 23.7 Å². The minimum atomic E-state index is -0.181. The third kappa shape index (κ3) is 5.39. The Morgan fingerprint density at radius 2 is 2.12 bits per heavy atom. The number of aromatic nitrogens is 1. The van der Waals surface area contributed by atoms with Gasteiger partial charge in [-0.25, -0.2) is 4.98 Å². The van der Waals surface area contributed by atoms with E-state index in [2.05, 4.69) is 15.6 Å². The average Bonchev–Trinajstić information content (AvgIpc) is 3.27. The molecule has 8 heteroatoms. The lowest BCUT2D eigenvalue weighted by Gasteiger charge is -2.04. The van der Waals surface area contributed by atoms with Gasteiger partial charge in [0.25, 0.3) is 5.91 Å². The second-order valence-electron chi connectivity index (χ2n) is 5.50. The van der Waals surface area contributed by atoms with Crippen LogP contribution in [0.25, 0.3) is 0 Å². The number of hydrogen-bond donors (Lipinski definition) is 2. The predicted molar refractivity (Wildman–Crippen MR) is 106 cm³/mol. The van der Waals surface area contributed by atoms with Gasteiger partial charge < -0.3 is 10.6 Å². The van der Waals surface area contributed by atoms with Crippen LogP contribution in [0.1, 0.15) is 27.2 Å². The van der Waals surface area contributed by atoms with Crippen LogP contribution in [-0.2, 0) is 11.2 Å². The van der Waals surface area contributed by atoms with Gasteiger partial charge in [0.05, 0.1) is 0 Å². The van der Waals surface area contributed by atoms with E-state index in [4.69, 9.17) is 11.6 Å². The summed E-state index contributed by atoms with van der Waals surface area (Å²) in [7, 11) is 0. The highest BCUT2D eigenvalue weighted by molar-refractivity contribution is 7.15. The predicted octanol–water partition coefficient (Wildman–Crippen LogP) is 4.21. The minimum Gasteiger partial charge on any atom is -0.351 e. The van der Waals surface area contributed by atoms with Crippen LogP contribution in [0.5, 0.6) is 0 Å². The molecular weight excluding hydrogens is 390 g/mol. The molecule has 0 spiro atoms. The molecule has 0 bridgehead atoms. The van der Waals surface area contributed by atoms with Crippen molar-refractivity contribution in [2.45, 2.75) is 12.8 Å². The maximum Gasteiger partial charge on any atom is 0.252 e. The Kier molecular flexibility index (Phi) is 6.38. The molecule has 2 N–H and O–H groups in total. The van der Waals surface area contributed by atoms with Crippen LogP contribution in [-0.4, -0.2) is 23.3 Å². The maximum absolute atomic E-state index is 12.0. The molecule has 0 atom stereocenters. The van der Waals surface area contributed by atoms with Crippen molar-refractivity contribution in [3.63, 3.8) is 0 Å².